The van der Waals surface area contributed by atoms with Crippen LogP contribution in [0.2, 0.25) is 0 Å². The molecule has 0 aromatic carbocycles. The van der Waals surface area contributed by atoms with Crippen molar-refractivity contribution in [3.8, 4) is 0 Å². The normalized spacial score (nSPS) is 28.3. The van der Waals surface area contributed by atoms with Crippen molar-refractivity contribution < 1.29 is 0 Å². The molecular formula is C6H13N. The molecule has 0 saturated carbocycles. The van der Waals surface area contributed by atoms with Crippen LogP contribution in [-0.4, -0.2) is 13.1 Å². The molecule has 0 atom stereocenters. The van der Waals surface area contributed by atoms with Crippen molar-refractivity contribution >= 4 is 0 Å². The average molecular weight is 99.2 g/mol. The Morgan fingerprint density at radius 3 is 2.29 bits per heavy atom. The molecule has 1 N–H and O–H groups in total. The van der Waals surface area contributed by atoms with Gasteiger partial charge in [-0.05, 0) is 18.4 Å². The molecule has 42 valence electrons. The lowest BCUT2D eigenvalue weighted by atomic mass is 9.93. The quantitative estimate of drug-likeness (QED) is 0.478. The highest BCUT2D eigenvalue weighted by molar-refractivity contribution is 4.78. The van der Waals surface area contributed by atoms with E-state index < -0.39 is 0 Å². The maximum Gasteiger partial charge on any atom is 0.000300 e. The van der Waals surface area contributed by atoms with Crippen LogP contribution >= 0.6 is 0 Å². The third-order valence-corrected chi connectivity index (χ3v) is 1.58. The molecule has 0 bridgehead atoms. The molecule has 1 heterocycles. The summed E-state index contributed by atoms with van der Waals surface area (Å²) in [5.41, 5.74) is 0.583. The molecule has 1 nitrogen and oxygen atoms in total. The van der Waals surface area contributed by atoms with Gasteiger partial charge in [-0.2, -0.15) is 0 Å². The molecule has 0 amide bonds. The molecule has 1 rings (SSSR count). The van der Waals surface area contributed by atoms with E-state index in [-0.39, 0.29) is 0 Å². The lowest BCUT2D eigenvalue weighted by molar-refractivity contribution is 0.413. The standard InChI is InChI=1S/C6H13N/c1-6(2)3-4-7-5-6/h7H,3-5H2,1-2H3. The van der Waals surface area contributed by atoms with E-state index in [2.05, 4.69) is 19.2 Å². The molecular weight excluding hydrogens is 86.1 g/mol. The Kier molecular flexibility index (Phi) is 1.08. The van der Waals surface area contributed by atoms with Gasteiger partial charge in [0.15, 0.2) is 0 Å². The Hall–Kier alpha value is -0.0400. The Morgan fingerprint density at radius 1 is 1.43 bits per heavy atom. The minimum atomic E-state index is 0.583. The Balaban J connectivity index is 2.40. The summed E-state index contributed by atoms with van der Waals surface area (Å²) in [5.74, 6) is 0. The fraction of sp³-hybridized carbons (Fsp3) is 1.00. The summed E-state index contributed by atoms with van der Waals surface area (Å²) in [6, 6.07) is 0. The molecule has 0 aliphatic carbocycles. The number of rotatable bonds is 0. The summed E-state index contributed by atoms with van der Waals surface area (Å²) >= 11 is 0. The van der Waals surface area contributed by atoms with Crippen LogP contribution in [0, 0.1) is 5.41 Å². The third-order valence-electron chi connectivity index (χ3n) is 1.58. The molecule has 0 radical (unpaired) electrons. The van der Waals surface area contributed by atoms with Crippen LogP contribution in [0.3, 0.4) is 0 Å². The SMILES string of the molecule is CC1(C)CCNC1. The van der Waals surface area contributed by atoms with E-state index in [1.165, 1.54) is 19.5 Å². The summed E-state index contributed by atoms with van der Waals surface area (Å²) in [7, 11) is 0. The largest absolute Gasteiger partial charge is 0.316 e. The first kappa shape index (κ1) is 5.10. The summed E-state index contributed by atoms with van der Waals surface area (Å²) in [6.45, 7) is 7.01. The van der Waals surface area contributed by atoms with Crippen LogP contribution in [0.5, 0.6) is 0 Å². The van der Waals surface area contributed by atoms with Gasteiger partial charge in [-0.15, -0.1) is 0 Å². The molecule has 1 heteroatoms. The average Bonchev–Trinajstić information content (AvgIpc) is 1.84. The highest BCUT2D eigenvalue weighted by atomic mass is 14.9. The monoisotopic (exact) mass is 99.1 g/mol. The molecule has 1 aliphatic heterocycles. The van der Waals surface area contributed by atoms with Gasteiger partial charge in [0.25, 0.3) is 0 Å². The zero-order chi connectivity index (χ0) is 5.33. The number of hydrogen-bond donors (Lipinski definition) is 1. The first-order chi connectivity index (χ1) is 3.21. The van der Waals surface area contributed by atoms with Gasteiger partial charge in [-0.1, -0.05) is 13.8 Å². The van der Waals surface area contributed by atoms with Gasteiger partial charge in [-0.25, -0.2) is 0 Å². The second kappa shape index (κ2) is 1.48. The smallest absolute Gasteiger partial charge is 0.000300 e. The zero-order valence-electron chi connectivity index (χ0n) is 5.12. The number of hydrogen-bond acceptors (Lipinski definition) is 1. The van der Waals surface area contributed by atoms with Crippen LogP contribution < -0.4 is 5.32 Å². The summed E-state index contributed by atoms with van der Waals surface area (Å²) in [6.07, 6.45) is 1.34. The molecule has 1 fully saturated rings. The van der Waals surface area contributed by atoms with Gasteiger partial charge < -0.3 is 5.32 Å². The summed E-state index contributed by atoms with van der Waals surface area (Å²) < 4.78 is 0. The van der Waals surface area contributed by atoms with Crippen molar-refractivity contribution in [3.05, 3.63) is 0 Å². The molecule has 0 unspecified atom stereocenters. The Bertz CT molecular complexity index is 58.6. The van der Waals surface area contributed by atoms with Crippen molar-refractivity contribution in [1.82, 2.24) is 5.32 Å². The van der Waals surface area contributed by atoms with Crippen LogP contribution in [0.4, 0.5) is 0 Å². The highest BCUT2D eigenvalue weighted by Gasteiger charge is 2.21. The molecule has 0 aromatic rings. The maximum atomic E-state index is 3.31. The second-order valence-corrected chi connectivity index (χ2v) is 3.09. The van der Waals surface area contributed by atoms with Gasteiger partial charge in [0.05, 0.1) is 0 Å². The van der Waals surface area contributed by atoms with Crippen molar-refractivity contribution in [3.63, 3.8) is 0 Å². The van der Waals surface area contributed by atoms with E-state index in [1.807, 2.05) is 0 Å². The number of nitrogens with one attached hydrogen (secondary N) is 1. The van der Waals surface area contributed by atoms with Crippen LogP contribution in [-0.2, 0) is 0 Å². The predicted molar refractivity (Wildman–Crippen MR) is 31.3 cm³/mol. The lowest BCUT2D eigenvalue weighted by Gasteiger charge is -2.12. The minimum absolute atomic E-state index is 0.583. The van der Waals surface area contributed by atoms with E-state index in [4.69, 9.17) is 0 Å². The third kappa shape index (κ3) is 1.16. The van der Waals surface area contributed by atoms with Crippen LogP contribution in [0.25, 0.3) is 0 Å². The molecule has 0 spiro atoms. The van der Waals surface area contributed by atoms with Gasteiger partial charge >= 0.3 is 0 Å². The van der Waals surface area contributed by atoms with Gasteiger partial charge in [-0.3, -0.25) is 0 Å². The maximum absolute atomic E-state index is 3.31. The molecule has 0 aromatic heterocycles. The molecule has 1 aliphatic rings. The van der Waals surface area contributed by atoms with E-state index >= 15 is 0 Å². The van der Waals surface area contributed by atoms with Crippen molar-refractivity contribution in [2.24, 2.45) is 5.41 Å². The first-order valence-corrected chi connectivity index (χ1v) is 2.91. The van der Waals surface area contributed by atoms with Crippen molar-refractivity contribution in [2.45, 2.75) is 20.3 Å². The van der Waals surface area contributed by atoms with E-state index in [1.54, 1.807) is 0 Å². The van der Waals surface area contributed by atoms with E-state index in [9.17, 15) is 0 Å². The van der Waals surface area contributed by atoms with Gasteiger partial charge in [0, 0.05) is 6.54 Å². The predicted octanol–water partition coefficient (Wildman–Crippen LogP) is 1.01. The van der Waals surface area contributed by atoms with E-state index in [0.717, 1.165) is 0 Å². The van der Waals surface area contributed by atoms with Crippen molar-refractivity contribution in [1.29, 1.82) is 0 Å². The second-order valence-electron chi connectivity index (χ2n) is 3.09. The van der Waals surface area contributed by atoms with Gasteiger partial charge in [0.1, 0.15) is 0 Å². The minimum Gasteiger partial charge on any atom is -0.316 e. The Labute approximate surface area is 45.1 Å². The fourth-order valence-corrected chi connectivity index (χ4v) is 0.942. The van der Waals surface area contributed by atoms with Crippen LogP contribution in [0.1, 0.15) is 20.3 Å². The van der Waals surface area contributed by atoms with Crippen molar-refractivity contribution in [2.75, 3.05) is 13.1 Å². The highest BCUT2D eigenvalue weighted by Crippen LogP contribution is 2.21. The zero-order valence-corrected chi connectivity index (χ0v) is 5.12. The Morgan fingerprint density at radius 2 is 2.14 bits per heavy atom. The molecule has 1 saturated heterocycles. The first-order valence-electron chi connectivity index (χ1n) is 2.91. The summed E-state index contributed by atoms with van der Waals surface area (Å²) in [5, 5.41) is 3.31. The lowest BCUT2D eigenvalue weighted by Crippen LogP contribution is -2.15. The fourth-order valence-electron chi connectivity index (χ4n) is 0.942. The topological polar surface area (TPSA) is 12.0 Å². The van der Waals surface area contributed by atoms with E-state index in [0.29, 0.717) is 5.41 Å². The van der Waals surface area contributed by atoms with Gasteiger partial charge in [0.2, 0.25) is 0 Å². The summed E-state index contributed by atoms with van der Waals surface area (Å²) in [4.78, 5) is 0. The molecule has 7 heavy (non-hydrogen) atoms. The van der Waals surface area contributed by atoms with Crippen LogP contribution in [0.15, 0.2) is 0 Å².